The Balaban J connectivity index is 1.57. The van der Waals surface area contributed by atoms with Crippen molar-refractivity contribution in [2.24, 2.45) is 17.3 Å². The highest BCUT2D eigenvalue weighted by molar-refractivity contribution is 4.93. The second kappa shape index (κ2) is 5.73. The lowest BCUT2D eigenvalue weighted by atomic mass is 9.73. The number of hydrogen-bond acceptors (Lipinski definition) is 2. The number of rotatable bonds is 5. The monoisotopic (exact) mass is 264 g/mol. The largest absolute Gasteiger partial charge is 0.313 e. The van der Waals surface area contributed by atoms with Crippen molar-refractivity contribution in [3.8, 4) is 0 Å². The van der Waals surface area contributed by atoms with Crippen LogP contribution in [0.1, 0.15) is 58.8 Å². The quantitative estimate of drug-likeness (QED) is 0.820. The molecule has 2 unspecified atom stereocenters. The van der Waals surface area contributed by atoms with Gasteiger partial charge in [0.1, 0.15) is 0 Å². The fourth-order valence-corrected chi connectivity index (χ4v) is 4.19. The van der Waals surface area contributed by atoms with Crippen LogP contribution >= 0.6 is 0 Å². The predicted molar refractivity (Wildman–Crippen MR) is 81.3 cm³/mol. The standard InChI is InChI=1S/C17H32N2/c1-14-10-19(11-15(14)2)13-17(8-4-3-5-9-17)12-18-16-6-7-16/h14-16,18H,3-13H2,1-2H3. The highest BCUT2D eigenvalue weighted by Crippen LogP contribution is 2.39. The van der Waals surface area contributed by atoms with E-state index < -0.39 is 0 Å². The molecule has 1 heterocycles. The lowest BCUT2D eigenvalue weighted by Gasteiger charge is -2.40. The van der Waals surface area contributed by atoms with Crippen LogP contribution < -0.4 is 5.32 Å². The van der Waals surface area contributed by atoms with E-state index in [0.29, 0.717) is 5.41 Å². The molecule has 2 saturated carbocycles. The van der Waals surface area contributed by atoms with Crippen LogP contribution in [0, 0.1) is 17.3 Å². The first-order chi connectivity index (χ1) is 9.17. The number of hydrogen-bond donors (Lipinski definition) is 1. The first kappa shape index (κ1) is 13.9. The van der Waals surface area contributed by atoms with E-state index in [2.05, 4.69) is 24.1 Å². The third-order valence-electron chi connectivity index (χ3n) is 5.88. The van der Waals surface area contributed by atoms with Gasteiger partial charge in [0.25, 0.3) is 0 Å². The third-order valence-corrected chi connectivity index (χ3v) is 5.88. The summed E-state index contributed by atoms with van der Waals surface area (Å²) in [6.07, 6.45) is 10.2. The second-order valence-electron chi connectivity index (χ2n) is 7.86. The molecule has 2 heteroatoms. The molecule has 2 atom stereocenters. The zero-order chi connectivity index (χ0) is 13.3. The van der Waals surface area contributed by atoms with E-state index in [-0.39, 0.29) is 0 Å². The molecule has 3 rings (SSSR count). The van der Waals surface area contributed by atoms with Crippen molar-refractivity contribution in [2.75, 3.05) is 26.2 Å². The van der Waals surface area contributed by atoms with Crippen LogP contribution in [0.4, 0.5) is 0 Å². The lowest BCUT2D eigenvalue weighted by Crippen LogP contribution is -2.45. The Morgan fingerprint density at radius 3 is 2.21 bits per heavy atom. The Morgan fingerprint density at radius 2 is 1.63 bits per heavy atom. The van der Waals surface area contributed by atoms with E-state index in [1.807, 2.05) is 0 Å². The zero-order valence-electron chi connectivity index (χ0n) is 13.0. The first-order valence-corrected chi connectivity index (χ1v) is 8.63. The highest BCUT2D eigenvalue weighted by atomic mass is 15.2. The molecule has 1 N–H and O–H groups in total. The van der Waals surface area contributed by atoms with Gasteiger partial charge in [-0.15, -0.1) is 0 Å². The van der Waals surface area contributed by atoms with Gasteiger partial charge in [0.2, 0.25) is 0 Å². The van der Waals surface area contributed by atoms with Crippen LogP contribution in [0.25, 0.3) is 0 Å². The van der Waals surface area contributed by atoms with Gasteiger partial charge in [0.05, 0.1) is 0 Å². The Hall–Kier alpha value is -0.0800. The Kier molecular flexibility index (Phi) is 4.19. The van der Waals surface area contributed by atoms with Gasteiger partial charge in [0.15, 0.2) is 0 Å². The van der Waals surface area contributed by atoms with Crippen molar-refractivity contribution >= 4 is 0 Å². The molecule has 0 aromatic rings. The first-order valence-electron chi connectivity index (χ1n) is 8.63. The number of nitrogens with one attached hydrogen (secondary N) is 1. The molecule has 2 nitrogen and oxygen atoms in total. The topological polar surface area (TPSA) is 15.3 Å². The average Bonchev–Trinajstić information content (AvgIpc) is 3.16. The third kappa shape index (κ3) is 3.52. The van der Waals surface area contributed by atoms with Gasteiger partial charge in [-0.05, 0) is 42.9 Å². The molecule has 3 aliphatic rings. The summed E-state index contributed by atoms with van der Waals surface area (Å²) in [6, 6.07) is 0.871. The van der Waals surface area contributed by atoms with Crippen LogP contribution in [0.2, 0.25) is 0 Å². The summed E-state index contributed by atoms with van der Waals surface area (Å²) in [6.45, 7) is 10.2. The van der Waals surface area contributed by atoms with Crippen molar-refractivity contribution in [2.45, 2.75) is 64.8 Å². The molecule has 1 aliphatic heterocycles. The van der Waals surface area contributed by atoms with E-state index in [4.69, 9.17) is 0 Å². The Bertz CT molecular complexity index is 282. The molecule has 0 radical (unpaired) electrons. The summed E-state index contributed by atoms with van der Waals surface area (Å²) in [4.78, 5) is 2.77. The summed E-state index contributed by atoms with van der Waals surface area (Å²) in [5.74, 6) is 1.80. The summed E-state index contributed by atoms with van der Waals surface area (Å²) in [5.41, 5.74) is 0.602. The Morgan fingerprint density at radius 1 is 1.00 bits per heavy atom. The van der Waals surface area contributed by atoms with Gasteiger partial charge in [-0.25, -0.2) is 0 Å². The van der Waals surface area contributed by atoms with E-state index in [0.717, 1.165) is 17.9 Å². The second-order valence-corrected chi connectivity index (χ2v) is 7.86. The van der Waals surface area contributed by atoms with Crippen molar-refractivity contribution < 1.29 is 0 Å². The molecular formula is C17H32N2. The summed E-state index contributed by atoms with van der Waals surface area (Å²) < 4.78 is 0. The molecule has 0 spiro atoms. The van der Waals surface area contributed by atoms with Crippen LogP contribution in [-0.4, -0.2) is 37.1 Å². The van der Waals surface area contributed by atoms with Gasteiger partial charge in [0, 0.05) is 32.2 Å². The van der Waals surface area contributed by atoms with E-state index >= 15 is 0 Å². The highest BCUT2D eigenvalue weighted by Gasteiger charge is 2.38. The van der Waals surface area contributed by atoms with E-state index in [1.165, 1.54) is 71.1 Å². The minimum Gasteiger partial charge on any atom is -0.313 e. The molecule has 1 saturated heterocycles. The number of nitrogens with zero attached hydrogens (tertiary/aromatic N) is 1. The van der Waals surface area contributed by atoms with Crippen molar-refractivity contribution in [3.63, 3.8) is 0 Å². The van der Waals surface area contributed by atoms with Gasteiger partial charge in [-0.2, -0.15) is 0 Å². The lowest BCUT2D eigenvalue weighted by molar-refractivity contribution is 0.113. The van der Waals surface area contributed by atoms with Crippen molar-refractivity contribution in [1.82, 2.24) is 10.2 Å². The maximum atomic E-state index is 3.84. The van der Waals surface area contributed by atoms with Gasteiger partial charge in [-0.1, -0.05) is 33.1 Å². The smallest absolute Gasteiger partial charge is 0.00684 e. The van der Waals surface area contributed by atoms with Crippen LogP contribution in [0.5, 0.6) is 0 Å². The summed E-state index contributed by atoms with van der Waals surface area (Å²) >= 11 is 0. The van der Waals surface area contributed by atoms with Crippen LogP contribution in [0.15, 0.2) is 0 Å². The summed E-state index contributed by atoms with van der Waals surface area (Å²) in [5, 5.41) is 3.84. The molecule has 2 aliphatic carbocycles. The van der Waals surface area contributed by atoms with Crippen molar-refractivity contribution in [3.05, 3.63) is 0 Å². The average molecular weight is 264 g/mol. The fraction of sp³-hybridized carbons (Fsp3) is 1.00. The van der Waals surface area contributed by atoms with Gasteiger partial charge in [-0.3, -0.25) is 0 Å². The Labute approximate surface area is 119 Å². The van der Waals surface area contributed by atoms with Crippen LogP contribution in [-0.2, 0) is 0 Å². The fourth-order valence-electron chi connectivity index (χ4n) is 4.19. The minimum atomic E-state index is 0.602. The maximum Gasteiger partial charge on any atom is 0.00684 e. The van der Waals surface area contributed by atoms with E-state index in [9.17, 15) is 0 Å². The molecular weight excluding hydrogens is 232 g/mol. The zero-order valence-corrected chi connectivity index (χ0v) is 13.0. The van der Waals surface area contributed by atoms with Gasteiger partial charge >= 0.3 is 0 Å². The SMILES string of the molecule is CC1CN(CC2(CNC3CC3)CCCCC2)CC1C. The molecule has 0 aromatic heterocycles. The number of likely N-dealkylation sites (tertiary alicyclic amines) is 1. The van der Waals surface area contributed by atoms with Crippen LogP contribution in [0.3, 0.4) is 0 Å². The predicted octanol–water partition coefficient (Wildman–Crippen LogP) is 3.28. The molecule has 3 fully saturated rings. The van der Waals surface area contributed by atoms with E-state index in [1.54, 1.807) is 0 Å². The molecule has 110 valence electrons. The normalized spacial score (nSPS) is 35.7. The molecule has 19 heavy (non-hydrogen) atoms. The van der Waals surface area contributed by atoms with Crippen molar-refractivity contribution in [1.29, 1.82) is 0 Å². The molecule has 0 amide bonds. The molecule has 0 aromatic carbocycles. The minimum absolute atomic E-state index is 0.602. The maximum absolute atomic E-state index is 3.84. The van der Waals surface area contributed by atoms with Gasteiger partial charge < -0.3 is 10.2 Å². The molecule has 0 bridgehead atoms. The summed E-state index contributed by atoms with van der Waals surface area (Å²) in [7, 11) is 0.